The molecule has 2 aliphatic heterocycles. The van der Waals surface area contributed by atoms with Crippen molar-refractivity contribution >= 4 is 17.5 Å². The highest BCUT2D eigenvalue weighted by atomic mass is 35.5. The Hall–Kier alpha value is -0.470. The number of carbonyl (C=O) groups is 1. The number of hydrogen-bond donors (Lipinski definition) is 3. The molecule has 5 aliphatic rings. The molecule has 32 heavy (non-hydrogen) atoms. The van der Waals surface area contributed by atoms with Crippen LogP contribution in [-0.2, 0) is 4.79 Å². The Morgan fingerprint density at radius 3 is 2.50 bits per heavy atom. The van der Waals surface area contributed by atoms with Crippen LogP contribution >= 0.6 is 11.6 Å². The second-order valence-corrected chi connectivity index (χ2v) is 11.6. The van der Waals surface area contributed by atoms with E-state index in [0.717, 1.165) is 39.0 Å². The van der Waals surface area contributed by atoms with Gasteiger partial charge in [-0.25, -0.2) is 4.39 Å². The number of aliphatic hydroxyl groups is 1. The SMILES string of the molecule is CC(=O)N1CCN(C2NCNC3C(F)C(C4CC(O)CC5CCCCC54)C(Cl)CC32)CC1. The van der Waals surface area contributed by atoms with Crippen LogP contribution < -0.4 is 10.6 Å². The van der Waals surface area contributed by atoms with Crippen molar-refractivity contribution in [1.82, 2.24) is 20.4 Å². The van der Waals surface area contributed by atoms with Crippen LogP contribution in [0.15, 0.2) is 0 Å². The number of carbonyl (C=O) groups excluding carboxylic acids is 1. The predicted molar refractivity (Wildman–Crippen MR) is 123 cm³/mol. The summed E-state index contributed by atoms with van der Waals surface area (Å²) in [5, 5.41) is 17.4. The number of amides is 1. The summed E-state index contributed by atoms with van der Waals surface area (Å²) in [4.78, 5) is 16.0. The van der Waals surface area contributed by atoms with Crippen molar-refractivity contribution in [3.63, 3.8) is 0 Å². The molecule has 182 valence electrons. The smallest absolute Gasteiger partial charge is 0.219 e. The number of rotatable bonds is 2. The Bertz CT molecular complexity index is 678. The topological polar surface area (TPSA) is 67.8 Å². The van der Waals surface area contributed by atoms with Crippen molar-refractivity contribution in [3.8, 4) is 0 Å². The summed E-state index contributed by atoms with van der Waals surface area (Å²) in [5.41, 5.74) is 0. The summed E-state index contributed by atoms with van der Waals surface area (Å²) < 4.78 is 16.3. The lowest BCUT2D eigenvalue weighted by molar-refractivity contribution is -0.131. The predicted octanol–water partition coefficient (Wildman–Crippen LogP) is 2.15. The van der Waals surface area contributed by atoms with E-state index >= 15 is 4.39 Å². The number of piperazine rings is 1. The van der Waals surface area contributed by atoms with Gasteiger partial charge in [-0.15, -0.1) is 11.6 Å². The molecule has 5 fully saturated rings. The minimum absolute atomic E-state index is 0.0928. The van der Waals surface area contributed by atoms with Gasteiger partial charge in [0.25, 0.3) is 0 Å². The molecule has 3 saturated carbocycles. The standard InChI is InChI=1S/C24H40ClFN4O2/c1-14(31)29-6-8-30(9-7-29)24-19-12-20(25)21(22(26)23(19)27-13-28-24)18-11-16(32)10-15-4-2-3-5-17(15)18/h15-24,27-28,32H,2-13H2,1H3. The molecule has 10 unspecified atom stereocenters. The molecule has 0 aromatic rings. The largest absolute Gasteiger partial charge is 0.393 e. The molecule has 0 spiro atoms. The summed E-state index contributed by atoms with van der Waals surface area (Å²) in [7, 11) is 0. The average Bonchev–Trinajstić information content (AvgIpc) is 2.78. The first-order chi connectivity index (χ1) is 15.4. The minimum atomic E-state index is -0.989. The van der Waals surface area contributed by atoms with E-state index in [2.05, 4.69) is 15.5 Å². The molecule has 0 radical (unpaired) electrons. The first-order valence-corrected chi connectivity index (χ1v) is 13.3. The molecule has 10 atom stereocenters. The van der Waals surface area contributed by atoms with Gasteiger partial charge < -0.3 is 10.0 Å². The van der Waals surface area contributed by atoms with E-state index in [9.17, 15) is 9.90 Å². The lowest BCUT2D eigenvalue weighted by Crippen LogP contribution is -2.71. The van der Waals surface area contributed by atoms with Crippen LogP contribution in [-0.4, -0.2) is 83.5 Å². The van der Waals surface area contributed by atoms with Gasteiger partial charge in [0.15, 0.2) is 0 Å². The van der Waals surface area contributed by atoms with Crippen LogP contribution in [0.3, 0.4) is 0 Å². The fourth-order valence-corrected chi connectivity index (χ4v) is 8.48. The molecular weight excluding hydrogens is 431 g/mol. The third-order valence-electron chi connectivity index (χ3n) is 9.43. The zero-order chi connectivity index (χ0) is 22.4. The molecule has 0 aromatic heterocycles. The van der Waals surface area contributed by atoms with E-state index in [4.69, 9.17) is 11.6 Å². The zero-order valence-corrected chi connectivity index (χ0v) is 20.0. The van der Waals surface area contributed by atoms with Crippen molar-refractivity contribution in [2.75, 3.05) is 32.8 Å². The van der Waals surface area contributed by atoms with E-state index < -0.39 is 6.17 Å². The Labute approximate surface area is 196 Å². The summed E-state index contributed by atoms with van der Waals surface area (Å²) in [6, 6.07) is -0.201. The van der Waals surface area contributed by atoms with Gasteiger partial charge in [-0.3, -0.25) is 20.3 Å². The van der Waals surface area contributed by atoms with E-state index in [1.165, 1.54) is 25.7 Å². The molecule has 2 saturated heterocycles. The molecule has 1 amide bonds. The lowest BCUT2D eigenvalue weighted by Gasteiger charge is -2.55. The molecule has 6 nitrogen and oxygen atoms in total. The quantitative estimate of drug-likeness (QED) is 0.540. The van der Waals surface area contributed by atoms with Gasteiger partial charge in [0.1, 0.15) is 6.17 Å². The number of halogens is 2. The zero-order valence-electron chi connectivity index (χ0n) is 19.3. The highest BCUT2D eigenvalue weighted by Crippen LogP contribution is 2.52. The first-order valence-electron chi connectivity index (χ1n) is 12.9. The van der Waals surface area contributed by atoms with Gasteiger partial charge >= 0.3 is 0 Å². The number of fused-ring (bicyclic) bond motifs is 2. The van der Waals surface area contributed by atoms with Crippen LogP contribution in [0, 0.1) is 29.6 Å². The van der Waals surface area contributed by atoms with Crippen LogP contribution in [0.4, 0.5) is 4.39 Å². The average molecular weight is 471 g/mol. The second kappa shape index (κ2) is 9.65. The van der Waals surface area contributed by atoms with E-state index in [-0.39, 0.29) is 47.3 Å². The third-order valence-corrected chi connectivity index (χ3v) is 9.89. The molecule has 3 N–H and O–H groups in total. The highest BCUT2D eigenvalue weighted by Gasteiger charge is 2.55. The van der Waals surface area contributed by atoms with Crippen molar-refractivity contribution in [2.24, 2.45) is 29.6 Å². The lowest BCUT2D eigenvalue weighted by atomic mass is 9.57. The van der Waals surface area contributed by atoms with E-state index in [0.29, 0.717) is 24.9 Å². The van der Waals surface area contributed by atoms with Gasteiger partial charge in [-0.2, -0.15) is 0 Å². The van der Waals surface area contributed by atoms with Gasteiger partial charge in [0.05, 0.1) is 12.3 Å². The fraction of sp³-hybridized carbons (Fsp3) is 0.958. The van der Waals surface area contributed by atoms with Gasteiger partial charge in [-0.1, -0.05) is 19.3 Å². The molecule has 0 aromatic carbocycles. The Kier molecular flexibility index (Phi) is 7.02. The molecule has 5 rings (SSSR count). The summed E-state index contributed by atoms with van der Waals surface area (Å²) in [6.45, 7) is 5.30. The van der Waals surface area contributed by atoms with Crippen molar-refractivity contribution in [2.45, 2.75) is 81.7 Å². The van der Waals surface area contributed by atoms with Crippen LogP contribution in [0.1, 0.15) is 51.9 Å². The number of nitrogens with zero attached hydrogens (tertiary/aromatic N) is 2. The van der Waals surface area contributed by atoms with Gasteiger partial charge in [0.2, 0.25) is 5.91 Å². The maximum atomic E-state index is 16.3. The number of alkyl halides is 2. The Morgan fingerprint density at radius 2 is 1.75 bits per heavy atom. The van der Waals surface area contributed by atoms with Crippen molar-refractivity contribution in [1.29, 1.82) is 0 Å². The van der Waals surface area contributed by atoms with Crippen molar-refractivity contribution < 1.29 is 14.3 Å². The second-order valence-electron chi connectivity index (χ2n) is 11.0. The Morgan fingerprint density at radius 1 is 1.00 bits per heavy atom. The highest BCUT2D eigenvalue weighted by molar-refractivity contribution is 6.21. The van der Waals surface area contributed by atoms with E-state index in [1.54, 1.807) is 6.92 Å². The molecular formula is C24H40ClFN4O2. The van der Waals surface area contributed by atoms with Crippen LogP contribution in [0.5, 0.6) is 0 Å². The summed E-state index contributed by atoms with van der Waals surface area (Å²) >= 11 is 7.03. The minimum Gasteiger partial charge on any atom is -0.393 e. The number of aliphatic hydroxyl groups excluding tert-OH is 1. The molecule has 2 heterocycles. The van der Waals surface area contributed by atoms with E-state index in [1.807, 2.05) is 4.90 Å². The van der Waals surface area contributed by atoms with Crippen molar-refractivity contribution in [3.05, 3.63) is 0 Å². The van der Waals surface area contributed by atoms with Gasteiger partial charge in [-0.05, 0) is 43.4 Å². The maximum Gasteiger partial charge on any atom is 0.219 e. The number of nitrogens with one attached hydrogen (secondary N) is 2. The first kappa shape index (κ1) is 23.3. The van der Waals surface area contributed by atoms with Crippen LogP contribution in [0.25, 0.3) is 0 Å². The summed E-state index contributed by atoms with van der Waals surface area (Å²) in [5.74, 6) is 1.30. The fourth-order valence-electron chi connectivity index (χ4n) is 7.95. The molecule has 3 aliphatic carbocycles. The maximum absolute atomic E-state index is 16.3. The Balaban J connectivity index is 1.31. The molecule has 8 heteroatoms. The normalized spacial score (nSPS) is 48.1. The third kappa shape index (κ3) is 4.33. The monoisotopic (exact) mass is 470 g/mol. The van der Waals surface area contributed by atoms with Gasteiger partial charge in [0, 0.05) is 63.0 Å². The molecule has 0 bridgehead atoms. The van der Waals surface area contributed by atoms with Crippen LogP contribution in [0.2, 0.25) is 0 Å². The number of hydrogen-bond acceptors (Lipinski definition) is 5. The summed E-state index contributed by atoms with van der Waals surface area (Å²) in [6.07, 6.45) is 6.00.